The van der Waals surface area contributed by atoms with Crippen LogP contribution < -0.4 is 20.9 Å². The van der Waals surface area contributed by atoms with Crippen LogP contribution in [-0.4, -0.2) is 50.7 Å². The number of hydrogen-bond acceptors (Lipinski definition) is 8. The van der Waals surface area contributed by atoms with Crippen molar-refractivity contribution >= 4 is 34.8 Å². The molecule has 0 spiro atoms. The van der Waals surface area contributed by atoms with Crippen molar-refractivity contribution in [2.45, 2.75) is 19.4 Å². The van der Waals surface area contributed by atoms with Crippen molar-refractivity contribution in [3.05, 3.63) is 35.8 Å². The van der Waals surface area contributed by atoms with Crippen LogP contribution in [0.15, 0.2) is 24.5 Å². The fourth-order valence-corrected chi connectivity index (χ4v) is 3.62. The van der Waals surface area contributed by atoms with E-state index in [2.05, 4.69) is 30.9 Å². The molecule has 1 aliphatic carbocycles. The number of nitrogens with one attached hydrogen (secondary N) is 3. The lowest BCUT2D eigenvalue weighted by molar-refractivity contribution is -0.117. The van der Waals surface area contributed by atoms with Crippen molar-refractivity contribution in [1.82, 2.24) is 30.3 Å². The molecule has 1 saturated carbocycles. The van der Waals surface area contributed by atoms with Gasteiger partial charge in [0.25, 0.3) is 5.91 Å². The minimum absolute atomic E-state index is 0.0245. The monoisotopic (exact) mass is 439 g/mol. The van der Waals surface area contributed by atoms with Crippen LogP contribution >= 0.6 is 0 Å². The average molecular weight is 440 g/mol. The van der Waals surface area contributed by atoms with E-state index in [0.717, 1.165) is 12.8 Å². The molecule has 164 valence electrons. The Bertz CT molecular complexity index is 1430. The number of rotatable bonds is 5. The van der Waals surface area contributed by atoms with Crippen molar-refractivity contribution in [2.24, 2.45) is 13.0 Å². The van der Waals surface area contributed by atoms with E-state index in [-0.39, 0.29) is 47.1 Å². The Kier molecular flexibility index (Phi) is 3.35. The van der Waals surface area contributed by atoms with Crippen LogP contribution in [0.1, 0.15) is 37.1 Å². The van der Waals surface area contributed by atoms with E-state index >= 15 is 0 Å². The van der Waals surface area contributed by atoms with Gasteiger partial charge in [0.05, 0.1) is 17.1 Å². The third kappa shape index (κ3) is 3.51. The van der Waals surface area contributed by atoms with Gasteiger partial charge in [0, 0.05) is 71.3 Å². The van der Waals surface area contributed by atoms with Crippen LogP contribution in [0.3, 0.4) is 0 Å². The minimum Gasteiger partial charge on any atom is -0.367 e. The Morgan fingerprint density at radius 2 is 2.16 bits per heavy atom. The maximum absolute atomic E-state index is 12.8. The molecule has 3 aromatic heterocycles. The second-order valence-electron chi connectivity index (χ2n) is 7.65. The molecule has 1 aliphatic heterocycles. The number of aromatic nitrogens is 5. The van der Waals surface area contributed by atoms with Crippen LogP contribution in [0.4, 0.5) is 23.0 Å². The molecule has 4 heterocycles. The Morgan fingerprint density at radius 3 is 2.94 bits per heavy atom. The Labute approximate surface area is 192 Å². The normalized spacial score (nSPS) is 18.0. The molecule has 0 radical (unpaired) electrons. The summed E-state index contributed by atoms with van der Waals surface area (Å²) < 4.78 is 48.1. The first-order valence-corrected chi connectivity index (χ1v) is 9.88. The molecule has 0 saturated heterocycles. The summed E-state index contributed by atoms with van der Waals surface area (Å²) in [6.07, 6.45) is 4.70. The quantitative estimate of drug-likeness (QED) is 0.547. The molecule has 11 nitrogen and oxygen atoms in total. The van der Waals surface area contributed by atoms with Crippen molar-refractivity contribution in [2.75, 3.05) is 29.5 Å². The van der Waals surface area contributed by atoms with Gasteiger partial charge < -0.3 is 20.9 Å². The predicted molar refractivity (Wildman–Crippen MR) is 119 cm³/mol. The Hall–Kier alpha value is -4.02. The van der Waals surface area contributed by atoms with Crippen molar-refractivity contribution in [1.29, 1.82) is 0 Å². The van der Waals surface area contributed by atoms with Gasteiger partial charge in [0.2, 0.25) is 5.91 Å². The van der Waals surface area contributed by atoms with Crippen LogP contribution in [0.25, 0.3) is 11.3 Å². The third-order valence-electron chi connectivity index (χ3n) is 5.26. The highest BCUT2D eigenvalue weighted by Gasteiger charge is 2.30. The number of aryl methyl sites for hydroxylation is 1. The molecule has 5 rings (SSSR count). The number of carbonyl (C=O) groups excluding carboxylic acids is 2. The van der Waals surface area contributed by atoms with Crippen LogP contribution in [0, 0.1) is 5.92 Å². The summed E-state index contributed by atoms with van der Waals surface area (Å²) in [5.41, 5.74) is 1.58. The Morgan fingerprint density at radius 1 is 1.28 bits per heavy atom. The largest absolute Gasteiger partial charge is 0.367 e. The second-order valence-corrected chi connectivity index (χ2v) is 7.65. The zero-order chi connectivity index (χ0) is 27.4. The molecule has 3 aromatic rings. The van der Waals surface area contributed by atoms with E-state index in [1.807, 2.05) is 5.32 Å². The fourth-order valence-electron chi connectivity index (χ4n) is 3.62. The number of fused-ring (bicyclic) bond motifs is 3. The van der Waals surface area contributed by atoms with Crippen molar-refractivity contribution < 1.29 is 17.8 Å². The highest BCUT2D eigenvalue weighted by molar-refractivity contribution is 6.00. The maximum atomic E-state index is 12.8. The molecule has 32 heavy (non-hydrogen) atoms. The molecule has 1 fully saturated rings. The van der Waals surface area contributed by atoms with E-state index < -0.39 is 19.9 Å². The fraction of sp³-hybridized carbons (Fsp3) is 0.333. The summed E-state index contributed by atoms with van der Waals surface area (Å²) in [7, 11) is 1.73. The van der Waals surface area contributed by atoms with Gasteiger partial charge in [-0.15, -0.1) is 10.2 Å². The summed E-state index contributed by atoms with van der Waals surface area (Å²) in [4.78, 5) is 30.5. The summed E-state index contributed by atoms with van der Waals surface area (Å²) in [6, 6.07) is 2.95. The van der Waals surface area contributed by atoms with E-state index in [1.165, 1.54) is 17.2 Å². The van der Waals surface area contributed by atoms with E-state index in [1.54, 1.807) is 24.0 Å². The lowest BCUT2D eigenvalue weighted by Gasteiger charge is -2.28. The van der Waals surface area contributed by atoms with Crippen LogP contribution in [-0.2, 0) is 18.4 Å². The van der Waals surface area contributed by atoms with E-state index in [0.29, 0.717) is 16.8 Å². The standard InChI is InChI=1S/C21H23N9O2/c1-22-21(32)17-14(8-15(26-27-17)25-20(31)11-4-5-11)24-19-18-13(6-7-23-19)16-12(9-29(18)2)10-30(3)28-16/h6-8,10-11H,4-5,9H2,1-3H3,(H,22,32)(H2,23,24,25,26,31)/i1D3,2D3. The first-order chi connectivity index (χ1) is 17.8. The number of pyridine rings is 1. The minimum atomic E-state index is -2.80. The first kappa shape index (κ1) is 14.1. The highest BCUT2D eigenvalue weighted by atomic mass is 16.2. The third-order valence-corrected chi connectivity index (χ3v) is 5.26. The van der Waals surface area contributed by atoms with Gasteiger partial charge >= 0.3 is 0 Å². The number of amides is 2. The Balaban J connectivity index is 1.60. The van der Waals surface area contributed by atoms with Gasteiger partial charge in [-0.1, -0.05) is 0 Å². The van der Waals surface area contributed by atoms with E-state index in [4.69, 9.17) is 8.22 Å². The van der Waals surface area contributed by atoms with Gasteiger partial charge in [0.15, 0.2) is 17.3 Å². The summed E-state index contributed by atoms with van der Waals surface area (Å²) in [5, 5.41) is 19.6. The number of anilines is 4. The molecular formula is C21H23N9O2. The van der Waals surface area contributed by atoms with Crippen LogP contribution in [0.5, 0.6) is 0 Å². The predicted octanol–water partition coefficient (Wildman–Crippen LogP) is 1.67. The van der Waals surface area contributed by atoms with Crippen LogP contribution in [0.2, 0.25) is 0 Å². The summed E-state index contributed by atoms with van der Waals surface area (Å²) in [5.74, 6) is -1.35. The van der Waals surface area contributed by atoms with Gasteiger partial charge in [-0.3, -0.25) is 14.3 Å². The molecule has 0 aromatic carbocycles. The molecule has 0 bridgehead atoms. The van der Waals surface area contributed by atoms with Gasteiger partial charge in [-0.05, 0) is 18.9 Å². The number of carbonyl (C=O) groups is 2. The van der Waals surface area contributed by atoms with Gasteiger partial charge in [-0.2, -0.15) is 5.10 Å². The average Bonchev–Trinajstić information content (AvgIpc) is 3.58. The maximum Gasteiger partial charge on any atom is 0.273 e. The molecule has 2 amide bonds. The summed E-state index contributed by atoms with van der Waals surface area (Å²) in [6.45, 7) is -5.33. The number of hydrogen-bond donors (Lipinski definition) is 3. The van der Waals surface area contributed by atoms with Crippen molar-refractivity contribution in [3.8, 4) is 11.3 Å². The van der Waals surface area contributed by atoms with Gasteiger partial charge in [-0.25, -0.2) is 4.98 Å². The molecular weight excluding hydrogens is 410 g/mol. The smallest absolute Gasteiger partial charge is 0.273 e. The molecule has 3 N–H and O–H groups in total. The molecule has 2 aliphatic rings. The lowest BCUT2D eigenvalue weighted by Crippen LogP contribution is -2.24. The van der Waals surface area contributed by atoms with Gasteiger partial charge in [0.1, 0.15) is 0 Å². The molecule has 0 unspecified atom stereocenters. The topological polar surface area (TPSA) is 130 Å². The summed E-state index contributed by atoms with van der Waals surface area (Å²) >= 11 is 0. The lowest BCUT2D eigenvalue weighted by atomic mass is 10.0. The SMILES string of the molecule is [2H]C([2H])([2H])NC(=O)c1nnc(NC(=O)C2CC2)cc1Nc1nccc2c1N(C([2H])([2H])[2H])Cc1cn(C)nc1-2. The first-order valence-electron chi connectivity index (χ1n) is 12.9. The molecule has 0 atom stereocenters. The highest BCUT2D eigenvalue weighted by Crippen LogP contribution is 2.42. The second kappa shape index (κ2) is 7.59. The number of nitrogens with zero attached hydrogens (tertiary/aromatic N) is 6. The zero-order valence-corrected chi connectivity index (χ0v) is 17.0. The van der Waals surface area contributed by atoms with E-state index in [9.17, 15) is 9.59 Å². The molecule has 11 heteroatoms. The zero-order valence-electron chi connectivity index (χ0n) is 23.0. The van der Waals surface area contributed by atoms with Crippen molar-refractivity contribution in [3.63, 3.8) is 0 Å².